The molecular formula is C16H22N2O3. The Morgan fingerprint density at radius 2 is 2.24 bits per heavy atom. The van der Waals surface area contributed by atoms with E-state index in [4.69, 9.17) is 0 Å². The van der Waals surface area contributed by atoms with E-state index >= 15 is 0 Å². The summed E-state index contributed by atoms with van der Waals surface area (Å²) in [5, 5.41) is 9.63. The third-order valence-electron chi connectivity index (χ3n) is 4.29. The molecule has 0 aliphatic carbocycles. The highest BCUT2D eigenvalue weighted by molar-refractivity contribution is 5.78. The van der Waals surface area contributed by atoms with Crippen molar-refractivity contribution in [2.45, 2.75) is 39.0 Å². The van der Waals surface area contributed by atoms with Crippen LogP contribution in [0.3, 0.4) is 0 Å². The number of carbonyl (C=O) groups is 2. The minimum absolute atomic E-state index is 0.0370. The molecule has 1 aromatic heterocycles. The van der Waals surface area contributed by atoms with E-state index in [9.17, 15) is 14.7 Å². The molecule has 1 amide bonds. The van der Waals surface area contributed by atoms with Crippen LogP contribution in [-0.2, 0) is 16.0 Å². The SMILES string of the molecule is CC(=O)N1CCC[C@](CCCc2ccccn2)(C(=O)O)C1. The van der Waals surface area contributed by atoms with E-state index in [1.54, 1.807) is 11.1 Å². The molecule has 2 rings (SSSR count). The highest BCUT2D eigenvalue weighted by Gasteiger charge is 2.42. The fourth-order valence-corrected chi connectivity index (χ4v) is 3.04. The first kappa shape index (κ1) is 15.5. The number of rotatable bonds is 5. The number of carbonyl (C=O) groups excluding carboxylic acids is 1. The maximum absolute atomic E-state index is 11.7. The molecule has 1 aliphatic rings. The third-order valence-corrected chi connectivity index (χ3v) is 4.29. The summed E-state index contributed by atoms with van der Waals surface area (Å²) in [6.07, 6.45) is 5.29. The zero-order valence-corrected chi connectivity index (χ0v) is 12.4. The number of hydrogen-bond acceptors (Lipinski definition) is 3. The number of aliphatic carboxylic acids is 1. The molecule has 0 aromatic carbocycles. The summed E-state index contributed by atoms with van der Waals surface area (Å²) in [7, 11) is 0. The van der Waals surface area contributed by atoms with Crippen molar-refractivity contribution in [2.24, 2.45) is 5.41 Å². The summed E-state index contributed by atoms with van der Waals surface area (Å²) in [5.41, 5.74) is 0.191. The van der Waals surface area contributed by atoms with Crippen LogP contribution in [0.5, 0.6) is 0 Å². The Labute approximate surface area is 125 Å². The van der Waals surface area contributed by atoms with Gasteiger partial charge in [-0.05, 0) is 44.2 Å². The van der Waals surface area contributed by atoms with E-state index in [1.807, 2.05) is 18.2 Å². The summed E-state index contributed by atoms with van der Waals surface area (Å²) in [6, 6.07) is 5.76. The molecule has 1 saturated heterocycles. The van der Waals surface area contributed by atoms with Crippen molar-refractivity contribution in [3.05, 3.63) is 30.1 Å². The normalized spacial score (nSPS) is 22.0. The summed E-state index contributed by atoms with van der Waals surface area (Å²) >= 11 is 0. The van der Waals surface area contributed by atoms with Gasteiger partial charge in [-0.25, -0.2) is 0 Å². The Bertz CT molecular complexity index is 504. The van der Waals surface area contributed by atoms with Crippen molar-refractivity contribution in [3.63, 3.8) is 0 Å². The van der Waals surface area contributed by atoms with Gasteiger partial charge in [0.05, 0.1) is 5.41 Å². The van der Waals surface area contributed by atoms with Crippen LogP contribution in [0.2, 0.25) is 0 Å². The van der Waals surface area contributed by atoms with Gasteiger partial charge in [-0.15, -0.1) is 0 Å². The number of nitrogens with zero attached hydrogens (tertiary/aromatic N) is 2. The molecule has 0 spiro atoms. The number of likely N-dealkylation sites (tertiary alicyclic amines) is 1. The van der Waals surface area contributed by atoms with Gasteiger partial charge >= 0.3 is 5.97 Å². The molecule has 1 aromatic rings. The first-order valence-corrected chi connectivity index (χ1v) is 7.42. The van der Waals surface area contributed by atoms with Gasteiger partial charge in [-0.1, -0.05) is 6.07 Å². The smallest absolute Gasteiger partial charge is 0.311 e. The first-order chi connectivity index (χ1) is 10.0. The highest BCUT2D eigenvalue weighted by Crippen LogP contribution is 2.35. The molecule has 0 saturated carbocycles. The van der Waals surface area contributed by atoms with Crippen LogP contribution < -0.4 is 0 Å². The molecular weight excluding hydrogens is 268 g/mol. The highest BCUT2D eigenvalue weighted by atomic mass is 16.4. The number of carboxylic acids is 1. The molecule has 1 aliphatic heterocycles. The van der Waals surface area contributed by atoms with Crippen molar-refractivity contribution >= 4 is 11.9 Å². The Morgan fingerprint density at radius 1 is 1.43 bits per heavy atom. The Kier molecular flexibility index (Phi) is 4.94. The first-order valence-electron chi connectivity index (χ1n) is 7.42. The number of aryl methyl sites for hydroxylation is 1. The van der Waals surface area contributed by atoms with Gasteiger partial charge in [-0.2, -0.15) is 0 Å². The van der Waals surface area contributed by atoms with E-state index in [-0.39, 0.29) is 5.91 Å². The van der Waals surface area contributed by atoms with Crippen LogP contribution in [0.15, 0.2) is 24.4 Å². The summed E-state index contributed by atoms with van der Waals surface area (Å²) in [4.78, 5) is 29.2. The molecule has 114 valence electrons. The second-order valence-electron chi connectivity index (χ2n) is 5.80. The molecule has 5 heteroatoms. The van der Waals surface area contributed by atoms with Crippen LogP contribution >= 0.6 is 0 Å². The number of carboxylic acid groups (broad SMARTS) is 1. The van der Waals surface area contributed by atoms with E-state index in [1.165, 1.54) is 6.92 Å². The molecule has 1 N–H and O–H groups in total. The number of hydrogen-bond donors (Lipinski definition) is 1. The predicted octanol–water partition coefficient (Wildman–Crippen LogP) is 2.12. The maximum atomic E-state index is 11.7. The Hall–Kier alpha value is -1.91. The van der Waals surface area contributed by atoms with Gasteiger partial charge in [0, 0.05) is 31.9 Å². The average Bonchev–Trinajstić information content (AvgIpc) is 2.48. The van der Waals surface area contributed by atoms with E-state index in [0.29, 0.717) is 25.9 Å². The van der Waals surface area contributed by atoms with Gasteiger partial charge in [-0.3, -0.25) is 14.6 Å². The average molecular weight is 290 g/mol. The lowest BCUT2D eigenvalue weighted by Gasteiger charge is -2.39. The van der Waals surface area contributed by atoms with Gasteiger partial charge in [0.25, 0.3) is 0 Å². The maximum Gasteiger partial charge on any atom is 0.311 e. The van der Waals surface area contributed by atoms with Crippen molar-refractivity contribution < 1.29 is 14.7 Å². The Morgan fingerprint density at radius 3 is 2.86 bits per heavy atom. The molecule has 0 unspecified atom stereocenters. The third kappa shape index (κ3) is 3.80. The van der Waals surface area contributed by atoms with Crippen LogP contribution in [-0.4, -0.2) is 40.0 Å². The topological polar surface area (TPSA) is 70.5 Å². The van der Waals surface area contributed by atoms with Gasteiger partial charge < -0.3 is 10.0 Å². The van der Waals surface area contributed by atoms with Crippen molar-refractivity contribution in [1.82, 2.24) is 9.88 Å². The lowest BCUT2D eigenvalue weighted by Crippen LogP contribution is -2.49. The van der Waals surface area contributed by atoms with E-state index in [0.717, 1.165) is 25.0 Å². The van der Waals surface area contributed by atoms with Gasteiger partial charge in [0.15, 0.2) is 0 Å². The van der Waals surface area contributed by atoms with Crippen LogP contribution in [0.25, 0.3) is 0 Å². The van der Waals surface area contributed by atoms with Gasteiger partial charge in [0.2, 0.25) is 5.91 Å². The van der Waals surface area contributed by atoms with Crippen molar-refractivity contribution in [2.75, 3.05) is 13.1 Å². The molecule has 1 fully saturated rings. The second-order valence-corrected chi connectivity index (χ2v) is 5.80. The minimum atomic E-state index is -0.793. The number of amides is 1. The molecule has 5 nitrogen and oxygen atoms in total. The molecule has 0 bridgehead atoms. The largest absolute Gasteiger partial charge is 0.481 e. The van der Waals surface area contributed by atoms with Crippen LogP contribution in [0.4, 0.5) is 0 Å². The lowest BCUT2D eigenvalue weighted by atomic mass is 9.75. The molecule has 1 atom stereocenters. The standard InChI is InChI=1S/C16H22N2O3/c1-13(19)18-11-5-9-16(12-18,15(20)21)8-4-7-14-6-2-3-10-17-14/h2-3,6,10H,4-5,7-9,11-12H2,1H3,(H,20,21)/t16-/m0/s1. The molecule has 2 heterocycles. The Balaban J connectivity index is 1.98. The number of pyridine rings is 1. The summed E-state index contributed by atoms with van der Waals surface area (Å²) in [5.74, 6) is -0.820. The summed E-state index contributed by atoms with van der Waals surface area (Å²) < 4.78 is 0. The zero-order chi connectivity index (χ0) is 15.3. The monoisotopic (exact) mass is 290 g/mol. The quantitative estimate of drug-likeness (QED) is 0.901. The van der Waals surface area contributed by atoms with Crippen LogP contribution in [0.1, 0.15) is 38.3 Å². The molecule has 0 radical (unpaired) electrons. The summed E-state index contributed by atoms with van der Waals surface area (Å²) in [6.45, 7) is 2.51. The zero-order valence-electron chi connectivity index (χ0n) is 12.4. The van der Waals surface area contributed by atoms with Gasteiger partial charge in [0.1, 0.15) is 0 Å². The minimum Gasteiger partial charge on any atom is -0.481 e. The van der Waals surface area contributed by atoms with Crippen molar-refractivity contribution in [3.8, 4) is 0 Å². The van der Waals surface area contributed by atoms with Crippen LogP contribution in [0, 0.1) is 5.41 Å². The molecule has 21 heavy (non-hydrogen) atoms. The fourth-order valence-electron chi connectivity index (χ4n) is 3.04. The number of aromatic nitrogens is 1. The van der Waals surface area contributed by atoms with Crippen molar-refractivity contribution in [1.29, 1.82) is 0 Å². The fraction of sp³-hybridized carbons (Fsp3) is 0.562. The second kappa shape index (κ2) is 6.70. The van der Waals surface area contributed by atoms with E-state index in [2.05, 4.69) is 4.98 Å². The predicted molar refractivity (Wildman–Crippen MR) is 78.7 cm³/mol. The lowest BCUT2D eigenvalue weighted by molar-refractivity contribution is -0.155. The number of piperidine rings is 1. The van der Waals surface area contributed by atoms with E-state index < -0.39 is 11.4 Å².